The van der Waals surface area contributed by atoms with Gasteiger partial charge in [0, 0.05) is 6.04 Å². The molecule has 1 aliphatic heterocycles. The zero-order valence-electron chi connectivity index (χ0n) is 18.2. The van der Waals surface area contributed by atoms with E-state index in [1.54, 1.807) is 23.1 Å². The molecule has 2 fully saturated rings. The van der Waals surface area contributed by atoms with Crippen LogP contribution in [0.25, 0.3) is 0 Å². The third-order valence-corrected chi connectivity index (χ3v) is 6.33. The van der Waals surface area contributed by atoms with Gasteiger partial charge in [-0.1, -0.05) is 67.3 Å². The minimum absolute atomic E-state index is 0.0916. The van der Waals surface area contributed by atoms with Crippen molar-refractivity contribution in [2.75, 3.05) is 13.1 Å². The number of carbonyl (C=O) groups is 1. The molecule has 1 heterocycles. The summed E-state index contributed by atoms with van der Waals surface area (Å²) in [5.74, 6) is 0. The minimum Gasteiger partial charge on any atom is -0.362 e. The van der Waals surface area contributed by atoms with Crippen molar-refractivity contribution in [1.82, 2.24) is 10.2 Å². The van der Waals surface area contributed by atoms with E-state index in [-0.39, 0.29) is 23.7 Å². The van der Waals surface area contributed by atoms with Gasteiger partial charge in [-0.15, -0.1) is 0 Å². The van der Waals surface area contributed by atoms with E-state index in [4.69, 9.17) is 4.74 Å². The van der Waals surface area contributed by atoms with Crippen LogP contribution in [0, 0.1) is 6.92 Å². The Bertz CT molecular complexity index is 918. The van der Waals surface area contributed by atoms with Crippen LogP contribution < -0.4 is 5.32 Å². The van der Waals surface area contributed by atoms with Gasteiger partial charge in [0.2, 0.25) is 0 Å². The van der Waals surface area contributed by atoms with Gasteiger partial charge in [0.25, 0.3) is 0 Å². The van der Waals surface area contributed by atoms with Gasteiger partial charge < -0.3 is 15.0 Å². The van der Waals surface area contributed by atoms with Crippen LogP contribution >= 0.6 is 0 Å². The van der Waals surface area contributed by atoms with E-state index in [0.29, 0.717) is 18.7 Å². The highest BCUT2D eigenvalue weighted by atomic mass is 19.4. The SMILES string of the molecule is Cc1ccc(C(OC2CN(C(=O)NC3CCCCC3)C2)c2ccccc2C(F)(F)F)cc1. The van der Waals surface area contributed by atoms with E-state index < -0.39 is 17.8 Å². The third-order valence-electron chi connectivity index (χ3n) is 6.33. The Kier molecular flexibility index (Phi) is 6.74. The van der Waals surface area contributed by atoms with Crippen molar-refractivity contribution in [2.45, 2.75) is 63.5 Å². The lowest BCUT2D eigenvalue weighted by Crippen LogP contribution is -2.59. The first-order valence-electron chi connectivity index (χ1n) is 11.2. The van der Waals surface area contributed by atoms with Crippen LogP contribution in [0.1, 0.15) is 60.5 Å². The van der Waals surface area contributed by atoms with Crippen LogP contribution in [-0.2, 0) is 10.9 Å². The Morgan fingerprint density at radius 1 is 1.03 bits per heavy atom. The van der Waals surface area contributed by atoms with E-state index in [0.717, 1.165) is 37.3 Å². The summed E-state index contributed by atoms with van der Waals surface area (Å²) in [6.07, 6.45) is -0.171. The number of amides is 2. The molecule has 1 atom stereocenters. The molecule has 4 rings (SSSR count). The van der Waals surface area contributed by atoms with Crippen molar-refractivity contribution in [3.63, 3.8) is 0 Å². The summed E-state index contributed by atoms with van der Waals surface area (Å²) < 4.78 is 47.3. The lowest BCUT2D eigenvalue weighted by Gasteiger charge is -2.41. The standard InChI is InChI=1S/C25H29F3N2O2/c1-17-11-13-18(14-12-17)23(21-9-5-6-10-22(21)25(26,27)28)32-20-15-30(16-20)24(31)29-19-7-3-2-4-8-19/h5-6,9-14,19-20,23H,2-4,7-8,15-16H2,1H3,(H,29,31). The zero-order valence-corrected chi connectivity index (χ0v) is 18.2. The summed E-state index contributed by atoms with van der Waals surface area (Å²) in [6, 6.07) is 13.0. The predicted octanol–water partition coefficient (Wildman–Crippen LogP) is 5.85. The van der Waals surface area contributed by atoms with Crippen molar-refractivity contribution < 1.29 is 22.7 Å². The summed E-state index contributed by atoms with van der Waals surface area (Å²) in [5.41, 5.74) is 1.08. The number of nitrogens with zero attached hydrogens (tertiary/aromatic N) is 1. The number of rotatable bonds is 5. The van der Waals surface area contributed by atoms with E-state index in [1.165, 1.54) is 18.6 Å². The number of hydrogen-bond acceptors (Lipinski definition) is 2. The fourth-order valence-electron chi connectivity index (χ4n) is 4.45. The molecule has 0 aromatic heterocycles. The maximum atomic E-state index is 13.7. The van der Waals surface area contributed by atoms with Crippen molar-refractivity contribution >= 4 is 6.03 Å². The van der Waals surface area contributed by atoms with Crippen molar-refractivity contribution in [2.24, 2.45) is 0 Å². The molecule has 1 saturated heterocycles. The Morgan fingerprint density at radius 3 is 2.34 bits per heavy atom. The van der Waals surface area contributed by atoms with Crippen LogP contribution in [0.5, 0.6) is 0 Å². The van der Waals surface area contributed by atoms with Crippen molar-refractivity contribution in [3.8, 4) is 0 Å². The van der Waals surface area contributed by atoms with E-state index in [1.807, 2.05) is 19.1 Å². The van der Waals surface area contributed by atoms with E-state index in [9.17, 15) is 18.0 Å². The largest absolute Gasteiger partial charge is 0.416 e. The van der Waals surface area contributed by atoms with Crippen molar-refractivity contribution in [3.05, 3.63) is 70.8 Å². The molecule has 1 N–H and O–H groups in total. The molecule has 2 aliphatic rings. The van der Waals surface area contributed by atoms with Crippen LogP contribution in [0.15, 0.2) is 48.5 Å². The zero-order chi connectivity index (χ0) is 22.7. The van der Waals surface area contributed by atoms with Crippen LogP contribution in [-0.4, -0.2) is 36.2 Å². The average Bonchev–Trinajstić information content (AvgIpc) is 2.74. The number of halogens is 3. The first-order chi connectivity index (χ1) is 15.3. The molecule has 4 nitrogen and oxygen atoms in total. The highest BCUT2D eigenvalue weighted by Crippen LogP contribution is 2.39. The summed E-state index contributed by atoms with van der Waals surface area (Å²) in [4.78, 5) is 14.2. The molecule has 0 bridgehead atoms. The number of carbonyl (C=O) groups excluding carboxylic acids is 1. The van der Waals surface area contributed by atoms with Gasteiger partial charge in [0.1, 0.15) is 6.10 Å². The molecule has 0 spiro atoms. The molecule has 2 aromatic carbocycles. The van der Waals surface area contributed by atoms with E-state index in [2.05, 4.69) is 5.32 Å². The fraction of sp³-hybridized carbons (Fsp3) is 0.480. The summed E-state index contributed by atoms with van der Waals surface area (Å²) >= 11 is 0. The summed E-state index contributed by atoms with van der Waals surface area (Å²) in [6.45, 7) is 2.67. The van der Waals surface area contributed by atoms with Gasteiger partial charge in [-0.2, -0.15) is 13.2 Å². The second kappa shape index (κ2) is 9.53. The first-order valence-corrected chi connectivity index (χ1v) is 11.2. The molecular formula is C25H29F3N2O2. The topological polar surface area (TPSA) is 41.6 Å². The van der Waals surface area contributed by atoms with Gasteiger partial charge in [-0.25, -0.2) is 4.79 Å². The van der Waals surface area contributed by atoms with Crippen LogP contribution in [0.2, 0.25) is 0 Å². The number of aryl methyl sites for hydroxylation is 1. The molecular weight excluding hydrogens is 417 g/mol. The highest BCUT2D eigenvalue weighted by Gasteiger charge is 2.39. The first kappa shape index (κ1) is 22.6. The minimum atomic E-state index is -4.48. The molecule has 172 valence electrons. The number of alkyl halides is 3. The van der Waals surface area contributed by atoms with Crippen molar-refractivity contribution in [1.29, 1.82) is 0 Å². The Hall–Kier alpha value is -2.54. The lowest BCUT2D eigenvalue weighted by atomic mass is 9.95. The second-order valence-electron chi connectivity index (χ2n) is 8.82. The van der Waals surface area contributed by atoms with Crippen LogP contribution in [0.3, 0.4) is 0 Å². The molecule has 7 heteroatoms. The predicted molar refractivity (Wildman–Crippen MR) is 116 cm³/mol. The molecule has 0 radical (unpaired) electrons. The normalized spacial score (nSPS) is 18.8. The molecule has 32 heavy (non-hydrogen) atoms. The average molecular weight is 447 g/mol. The molecule has 1 unspecified atom stereocenters. The Balaban J connectivity index is 1.47. The number of benzene rings is 2. The monoisotopic (exact) mass is 446 g/mol. The highest BCUT2D eigenvalue weighted by molar-refractivity contribution is 5.75. The third kappa shape index (κ3) is 5.26. The Morgan fingerprint density at radius 2 is 1.69 bits per heavy atom. The van der Waals surface area contributed by atoms with E-state index >= 15 is 0 Å². The molecule has 1 aliphatic carbocycles. The second-order valence-corrected chi connectivity index (χ2v) is 8.82. The molecule has 1 saturated carbocycles. The van der Waals surface area contributed by atoms with Crippen LogP contribution in [0.4, 0.5) is 18.0 Å². The smallest absolute Gasteiger partial charge is 0.362 e. The number of urea groups is 1. The fourth-order valence-corrected chi connectivity index (χ4v) is 4.45. The summed E-state index contributed by atoms with van der Waals surface area (Å²) in [7, 11) is 0. The number of hydrogen-bond donors (Lipinski definition) is 1. The van der Waals surface area contributed by atoms with Gasteiger partial charge in [-0.3, -0.25) is 0 Å². The molecule has 2 aromatic rings. The number of likely N-dealkylation sites (tertiary alicyclic amines) is 1. The van der Waals surface area contributed by atoms with Gasteiger partial charge in [0.15, 0.2) is 0 Å². The number of nitrogens with one attached hydrogen (secondary N) is 1. The maximum Gasteiger partial charge on any atom is 0.416 e. The van der Waals surface area contributed by atoms with Gasteiger partial charge in [-0.05, 0) is 37.0 Å². The molecule has 2 amide bonds. The Labute approximate surface area is 186 Å². The summed E-state index contributed by atoms with van der Waals surface area (Å²) in [5, 5.41) is 3.08. The lowest BCUT2D eigenvalue weighted by molar-refractivity contribution is -0.140. The number of ether oxygens (including phenoxy) is 1. The van der Waals surface area contributed by atoms with Gasteiger partial charge >= 0.3 is 12.2 Å². The maximum absolute atomic E-state index is 13.7. The van der Waals surface area contributed by atoms with Gasteiger partial charge in [0.05, 0.1) is 24.8 Å². The quantitative estimate of drug-likeness (QED) is 0.626.